The minimum absolute atomic E-state index is 0.00455. The molecule has 1 unspecified atom stereocenters. The van der Waals surface area contributed by atoms with Crippen molar-refractivity contribution in [2.75, 3.05) is 18.0 Å². The Bertz CT molecular complexity index is 517. The van der Waals surface area contributed by atoms with Gasteiger partial charge in [-0.3, -0.25) is 9.00 Å². The van der Waals surface area contributed by atoms with E-state index in [1.807, 2.05) is 6.92 Å². The van der Waals surface area contributed by atoms with Crippen LogP contribution in [0.1, 0.15) is 19.8 Å². The molecule has 104 valence electrons. The average Bonchev–Trinajstić information content (AvgIpc) is 3.18. The fraction of sp³-hybridized carbons (Fsp3) is 0.462. The Morgan fingerprint density at radius 3 is 2.74 bits per heavy atom. The predicted octanol–water partition coefficient (Wildman–Crippen LogP) is 2.04. The van der Waals surface area contributed by atoms with Gasteiger partial charge in [-0.15, -0.1) is 0 Å². The fourth-order valence-electron chi connectivity index (χ4n) is 1.95. The third-order valence-corrected chi connectivity index (χ3v) is 4.75. The minimum atomic E-state index is -1.37. The largest absolute Gasteiger partial charge is 0.398 e. The molecule has 1 fully saturated rings. The highest BCUT2D eigenvalue weighted by atomic mass is 35.5. The molecule has 1 amide bonds. The lowest BCUT2D eigenvalue weighted by Gasteiger charge is -2.20. The van der Waals surface area contributed by atoms with Gasteiger partial charge in [0.25, 0.3) is 0 Å². The average molecular weight is 301 g/mol. The van der Waals surface area contributed by atoms with E-state index in [0.717, 1.165) is 12.8 Å². The van der Waals surface area contributed by atoms with Crippen LogP contribution in [0.15, 0.2) is 23.1 Å². The summed E-state index contributed by atoms with van der Waals surface area (Å²) in [5.74, 6) is -0.0544. The van der Waals surface area contributed by atoms with Crippen LogP contribution in [0.3, 0.4) is 0 Å². The second-order valence-corrected chi connectivity index (χ2v) is 6.44. The summed E-state index contributed by atoms with van der Waals surface area (Å²) >= 11 is 5.89. The number of nitrogens with zero attached hydrogens (tertiary/aromatic N) is 1. The van der Waals surface area contributed by atoms with Crippen molar-refractivity contribution in [2.45, 2.75) is 30.7 Å². The van der Waals surface area contributed by atoms with Gasteiger partial charge in [-0.05, 0) is 38.0 Å². The molecule has 2 N–H and O–H groups in total. The van der Waals surface area contributed by atoms with Crippen molar-refractivity contribution in [3.05, 3.63) is 23.2 Å². The summed E-state index contributed by atoms with van der Waals surface area (Å²) in [6.45, 7) is 2.61. The van der Waals surface area contributed by atoms with E-state index in [-0.39, 0.29) is 11.7 Å². The number of halogens is 1. The van der Waals surface area contributed by atoms with Crippen LogP contribution in [0.4, 0.5) is 5.69 Å². The van der Waals surface area contributed by atoms with Crippen LogP contribution in [0.2, 0.25) is 5.02 Å². The van der Waals surface area contributed by atoms with Gasteiger partial charge < -0.3 is 10.6 Å². The number of hydrogen-bond acceptors (Lipinski definition) is 3. The molecule has 0 aliphatic heterocycles. The van der Waals surface area contributed by atoms with E-state index in [2.05, 4.69) is 0 Å². The zero-order valence-electron chi connectivity index (χ0n) is 10.8. The van der Waals surface area contributed by atoms with Crippen LogP contribution in [0, 0.1) is 0 Å². The molecular weight excluding hydrogens is 284 g/mol. The molecule has 1 aromatic rings. The van der Waals surface area contributed by atoms with Crippen LogP contribution in [0.5, 0.6) is 0 Å². The van der Waals surface area contributed by atoms with E-state index in [1.54, 1.807) is 23.1 Å². The molecule has 0 aromatic heterocycles. The lowest BCUT2D eigenvalue weighted by atomic mass is 10.3. The minimum Gasteiger partial charge on any atom is -0.398 e. The molecule has 1 atom stereocenters. The van der Waals surface area contributed by atoms with Gasteiger partial charge in [-0.2, -0.15) is 0 Å². The van der Waals surface area contributed by atoms with Crippen LogP contribution < -0.4 is 5.73 Å². The Balaban J connectivity index is 2.03. The van der Waals surface area contributed by atoms with Gasteiger partial charge in [0, 0.05) is 17.5 Å². The maximum absolute atomic E-state index is 12.1. The van der Waals surface area contributed by atoms with Gasteiger partial charge in [0.05, 0.1) is 21.5 Å². The first-order chi connectivity index (χ1) is 9.02. The number of carbonyl (C=O) groups excluding carboxylic acids is 1. The highest BCUT2D eigenvalue weighted by Gasteiger charge is 2.31. The molecule has 0 bridgehead atoms. The maximum atomic E-state index is 12.1. The number of rotatable bonds is 5. The Hall–Kier alpha value is -1.07. The molecule has 6 heteroatoms. The normalized spacial score (nSPS) is 16.1. The van der Waals surface area contributed by atoms with Crippen LogP contribution in [-0.2, 0) is 15.6 Å². The molecule has 1 saturated carbocycles. The van der Waals surface area contributed by atoms with Gasteiger partial charge >= 0.3 is 0 Å². The monoisotopic (exact) mass is 300 g/mol. The van der Waals surface area contributed by atoms with Gasteiger partial charge in [-0.1, -0.05) is 11.6 Å². The third-order valence-electron chi connectivity index (χ3n) is 3.14. The van der Waals surface area contributed by atoms with Gasteiger partial charge in [0.2, 0.25) is 5.91 Å². The van der Waals surface area contributed by atoms with Crippen molar-refractivity contribution < 1.29 is 9.00 Å². The van der Waals surface area contributed by atoms with Crippen LogP contribution in [-0.4, -0.2) is 33.4 Å². The number of nitrogen functional groups attached to an aromatic ring is 1. The van der Waals surface area contributed by atoms with Crippen molar-refractivity contribution in [3.8, 4) is 0 Å². The molecular formula is C13H17ClN2O2S. The van der Waals surface area contributed by atoms with Crippen molar-refractivity contribution in [1.29, 1.82) is 0 Å². The molecule has 2 rings (SSSR count). The molecule has 0 spiro atoms. The molecule has 4 nitrogen and oxygen atoms in total. The zero-order chi connectivity index (χ0) is 14.0. The summed E-state index contributed by atoms with van der Waals surface area (Å²) in [4.78, 5) is 14.4. The van der Waals surface area contributed by atoms with Crippen molar-refractivity contribution >= 4 is 34.0 Å². The summed E-state index contributed by atoms with van der Waals surface area (Å²) in [5.41, 5.74) is 6.05. The highest BCUT2D eigenvalue weighted by Crippen LogP contribution is 2.27. The second kappa shape index (κ2) is 5.92. The first-order valence-corrected chi connectivity index (χ1v) is 7.95. The van der Waals surface area contributed by atoms with Gasteiger partial charge in [0.1, 0.15) is 5.75 Å². The summed E-state index contributed by atoms with van der Waals surface area (Å²) in [6.07, 6.45) is 2.11. The predicted molar refractivity (Wildman–Crippen MR) is 77.5 cm³/mol. The Morgan fingerprint density at radius 1 is 1.53 bits per heavy atom. The number of amides is 1. The van der Waals surface area contributed by atoms with E-state index in [0.29, 0.717) is 28.2 Å². The molecule has 0 radical (unpaired) electrons. The number of benzene rings is 1. The first-order valence-electron chi connectivity index (χ1n) is 6.25. The van der Waals surface area contributed by atoms with Crippen molar-refractivity contribution in [3.63, 3.8) is 0 Å². The van der Waals surface area contributed by atoms with Gasteiger partial charge in [0.15, 0.2) is 0 Å². The summed E-state index contributed by atoms with van der Waals surface area (Å²) in [7, 11) is -1.37. The van der Waals surface area contributed by atoms with Crippen LogP contribution >= 0.6 is 11.6 Å². The van der Waals surface area contributed by atoms with E-state index >= 15 is 0 Å². The standard InChI is InChI=1S/C13H17ClN2O2S/c1-2-16(9-3-4-9)13(17)8-19(18)10-5-6-12(15)11(14)7-10/h5-7,9H,2-4,8,15H2,1H3. The van der Waals surface area contributed by atoms with E-state index in [4.69, 9.17) is 17.3 Å². The topological polar surface area (TPSA) is 63.4 Å². The summed E-state index contributed by atoms with van der Waals surface area (Å²) in [5, 5.41) is 0.368. The van der Waals surface area contributed by atoms with Crippen molar-refractivity contribution in [1.82, 2.24) is 4.90 Å². The third kappa shape index (κ3) is 3.48. The summed E-state index contributed by atoms with van der Waals surface area (Å²) in [6, 6.07) is 5.18. The molecule has 1 aliphatic rings. The summed E-state index contributed by atoms with van der Waals surface area (Å²) < 4.78 is 12.1. The highest BCUT2D eigenvalue weighted by molar-refractivity contribution is 7.85. The van der Waals surface area contributed by atoms with Gasteiger partial charge in [-0.25, -0.2) is 0 Å². The Labute approximate surface area is 120 Å². The number of hydrogen-bond donors (Lipinski definition) is 1. The van der Waals surface area contributed by atoms with Crippen LogP contribution in [0.25, 0.3) is 0 Å². The lowest BCUT2D eigenvalue weighted by Crippen LogP contribution is -2.36. The van der Waals surface area contributed by atoms with Crippen molar-refractivity contribution in [2.24, 2.45) is 0 Å². The molecule has 0 heterocycles. The molecule has 19 heavy (non-hydrogen) atoms. The molecule has 0 saturated heterocycles. The van der Waals surface area contributed by atoms with E-state index in [1.165, 1.54) is 0 Å². The first kappa shape index (κ1) is 14.3. The molecule has 1 aromatic carbocycles. The Morgan fingerprint density at radius 2 is 2.21 bits per heavy atom. The lowest BCUT2D eigenvalue weighted by molar-refractivity contribution is -0.128. The number of nitrogens with two attached hydrogens (primary N) is 1. The zero-order valence-corrected chi connectivity index (χ0v) is 12.3. The van der Waals surface area contributed by atoms with E-state index < -0.39 is 10.8 Å². The number of carbonyl (C=O) groups is 1. The fourth-order valence-corrected chi connectivity index (χ4v) is 3.22. The Kier molecular flexibility index (Phi) is 4.47. The second-order valence-electron chi connectivity index (χ2n) is 4.58. The smallest absolute Gasteiger partial charge is 0.235 e. The quantitative estimate of drug-likeness (QED) is 0.846. The number of anilines is 1. The SMILES string of the molecule is CCN(C(=O)CS(=O)c1ccc(N)c(Cl)c1)C1CC1. The maximum Gasteiger partial charge on any atom is 0.235 e. The molecule has 1 aliphatic carbocycles. The van der Waals surface area contributed by atoms with E-state index in [9.17, 15) is 9.00 Å².